The van der Waals surface area contributed by atoms with Crippen molar-refractivity contribution >= 4 is 11.5 Å². The molecule has 0 spiro atoms. The first-order valence-corrected chi connectivity index (χ1v) is 7.38. The van der Waals surface area contributed by atoms with Gasteiger partial charge in [-0.05, 0) is 48.2 Å². The first kappa shape index (κ1) is 14.0. The van der Waals surface area contributed by atoms with Crippen LogP contribution in [0.3, 0.4) is 0 Å². The van der Waals surface area contributed by atoms with Gasteiger partial charge in [0.2, 0.25) is 0 Å². The average molecular weight is 286 g/mol. The van der Waals surface area contributed by atoms with E-state index in [-0.39, 0.29) is 12.4 Å². The van der Waals surface area contributed by atoms with E-state index in [9.17, 15) is 9.50 Å². The molecule has 1 aromatic carbocycles. The van der Waals surface area contributed by atoms with Crippen LogP contribution < -0.4 is 4.90 Å². The van der Waals surface area contributed by atoms with Crippen LogP contribution in [0.1, 0.15) is 30.2 Å². The van der Waals surface area contributed by atoms with Gasteiger partial charge in [-0.25, -0.2) is 9.37 Å². The van der Waals surface area contributed by atoms with Crippen LogP contribution in [0.2, 0.25) is 0 Å². The SMILES string of the molecule is CCCc1cc(CO)cc(N2CCc3ccc(F)cc32)n1. The number of hydrogen-bond donors (Lipinski definition) is 1. The maximum atomic E-state index is 13.5. The van der Waals surface area contributed by atoms with Crippen molar-refractivity contribution in [3.05, 3.63) is 53.0 Å². The third-order valence-electron chi connectivity index (χ3n) is 3.83. The molecular weight excluding hydrogens is 267 g/mol. The van der Waals surface area contributed by atoms with E-state index in [1.54, 1.807) is 6.07 Å². The summed E-state index contributed by atoms with van der Waals surface area (Å²) in [6, 6.07) is 8.74. The normalized spacial score (nSPS) is 13.6. The Labute approximate surface area is 124 Å². The summed E-state index contributed by atoms with van der Waals surface area (Å²) in [7, 11) is 0. The molecule has 0 bridgehead atoms. The molecule has 0 saturated carbocycles. The first-order valence-electron chi connectivity index (χ1n) is 7.38. The van der Waals surface area contributed by atoms with Crippen LogP contribution in [0.4, 0.5) is 15.9 Å². The molecule has 0 aliphatic carbocycles. The molecule has 4 heteroatoms. The van der Waals surface area contributed by atoms with Gasteiger partial charge in [0.25, 0.3) is 0 Å². The van der Waals surface area contributed by atoms with Gasteiger partial charge in [-0.3, -0.25) is 0 Å². The Morgan fingerprint density at radius 2 is 2.14 bits per heavy atom. The number of anilines is 2. The Balaban J connectivity index is 2.02. The fourth-order valence-corrected chi connectivity index (χ4v) is 2.84. The van der Waals surface area contributed by atoms with Crippen LogP contribution in [-0.2, 0) is 19.4 Å². The zero-order chi connectivity index (χ0) is 14.8. The van der Waals surface area contributed by atoms with E-state index < -0.39 is 0 Å². The van der Waals surface area contributed by atoms with E-state index in [0.29, 0.717) is 0 Å². The lowest BCUT2D eigenvalue weighted by Gasteiger charge is -2.20. The Hall–Kier alpha value is -1.94. The van der Waals surface area contributed by atoms with Crippen LogP contribution in [0.25, 0.3) is 0 Å². The molecule has 110 valence electrons. The lowest BCUT2D eigenvalue weighted by atomic mass is 10.1. The first-order chi connectivity index (χ1) is 10.2. The Morgan fingerprint density at radius 3 is 2.90 bits per heavy atom. The molecule has 0 amide bonds. The summed E-state index contributed by atoms with van der Waals surface area (Å²) in [5.74, 6) is 0.571. The number of hydrogen-bond acceptors (Lipinski definition) is 3. The molecule has 1 aliphatic rings. The van der Waals surface area contributed by atoms with Gasteiger partial charge < -0.3 is 10.0 Å². The smallest absolute Gasteiger partial charge is 0.133 e. The number of benzene rings is 1. The maximum Gasteiger partial charge on any atom is 0.133 e. The molecule has 0 radical (unpaired) electrons. The van der Waals surface area contributed by atoms with Gasteiger partial charge in [0.05, 0.1) is 6.61 Å². The largest absolute Gasteiger partial charge is 0.392 e. The molecule has 21 heavy (non-hydrogen) atoms. The van der Waals surface area contributed by atoms with Gasteiger partial charge in [0.1, 0.15) is 11.6 Å². The molecule has 1 aliphatic heterocycles. The number of aliphatic hydroxyl groups excluding tert-OH is 1. The van der Waals surface area contributed by atoms with Crippen LogP contribution in [0.15, 0.2) is 30.3 Å². The summed E-state index contributed by atoms with van der Waals surface area (Å²) >= 11 is 0. The van der Waals surface area contributed by atoms with Crippen molar-refractivity contribution in [3.63, 3.8) is 0 Å². The number of aliphatic hydroxyl groups is 1. The molecule has 0 unspecified atom stereocenters. The summed E-state index contributed by atoms with van der Waals surface area (Å²) in [5.41, 5.74) is 3.86. The second-order valence-electron chi connectivity index (χ2n) is 5.41. The third-order valence-corrected chi connectivity index (χ3v) is 3.83. The molecule has 0 saturated heterocycles. The monoisotopic (exact) mass is 286 g/mol. The minimum atomic E-state index is -0.229. The highest BCUT2D eigenvalue weighted by molar-refractivity contribution is 5.68. The topological polar surface area (TPSA) is 36.4 Å². The molecule has 2 aromatic rings. The Kier molecular flexibility index (Phi) is 3.88. The predicted octanol–water partition coefficient (Wildman–Crippen LogP) is 3.36. The van der Waals surface area contributed by atoms with Crippen molar-refractivity contribution in [1.29, 1.82) is 0 Å². The maximum absolute atomic E-state index is 13.5. The number of aryl methyl sites for hydroxylation is 1. The minimum absolute atomic E-state index is 0.00389. The molecule has 0 fully saturated rings. The lowest BCUT2D eigenvalue weighted by molar-refractivity contribution is 0.281. The van der Waals surface area contributed by atoms with Crippen molar-refractivity contribution < 1.29 is 9.50 Å². The molecule has 1 N–H and O–H groups in total. The molecule has 3 nitrogen and oxygen atoms in total. The van der Waals surface area contributed by atoms with E-state index >= 15 is 0 Å². The molecular formula is C17H19FN2O. The highest BCUT2D eigenvalue weighted by Crippen LogP contribution is 2.34. The second kappa shape index (κ2) is 5.82. The van der Waals surface area contributed by atoms with Crippen LogP contribution in [-0.4, -0.2) is 16.6 Å². The van der Waals surface area contributed by atoms with Gasteiger partial charge in [0, 0.05) is 17.9 Å². The summed E-state index contributed by atoms with van der Waals surface area (Å²) in [5, 5.41) is 9.43. The minimum Gasteiger partial charge on any atom is -0.392 e. The second-order valence-corrected chi connectivity index (χ2v) is 5.41. The van der Waals surface area contributed by atoms with E-state index in [1.165, 1.54) is 6.07 Å². The Bertz CT molecular complexity index is 657. The van der Waals surface area contributed by atoms with Gasteiger partial charge in [-0.2, -0.15) is 0 Å². The highest BCUT2D eigenvalue weighted by atomic mass is 19.1. The Morgan fingerprint density at radius 1 is 1.29 bits per heavy atom. The summed E-state index contributed by atoms with van der Waals surface area (Å²) < 4.78 is 13.5. The van der Waals surface area contributed by atoms with Crippen LogP contribution in [0.5, 0.6) is 0 Å². The number of pyridine rings is 1. The molecule has 1 aromatic heterocycles. The van der Waals surface area contributed by atoms with E-state index in [0.717, 1.165) is 54.1 Å². The molecule has 0 atom stereocenters. The average Bonchev–Trinajstić information content (AvgIpc) is 2.90. The van der Waals surface area contributed by atoms with E-state index in [2.05, 4.69) is 11.9 Å². The molecule has 3 rings (SSSR count). The zero-order valence-electron chi connectivity index (χ0n) is 12.1. The van der Waals surface area contributed by atoms with Gasteiger partial charge in [-0.1, -0.05) is 19.4 Å². The number of fused-ring (bicyclic) bond motifs is 1. The van der Waals surface area contributed by atoms with Crippen molar-refractivity contribution in [3.8, 4) is 0 Å². The van der Waals surface area contributed by atoms with Crippen molar-refractivity contribution in [2.24, 2.45) is 0 Å². The predicted molar refractivity (Wildman–Crippen MR) is 81.3 cm³/mol. The number of nitrogens with zero attached hydrogens (tertiary/aromatic N) is 2. The van der Waals surface area contributed by atoms with E-state index in [1.807, 2.05) is 23.1 Å². The molecule has 2 heterocycles. The van der Waals surface area contributed by atoms with Crippen molar-refractivity contribution in [2.75, 3.05) is 11.4 Å². The van der Waals surface area contributed by atoms with Gasteiger partial charge in [0.15, 0.2) is 0 Å². The van der Waals surface area contributed by atoms with Crippen molar-refractivity contribution in [1.82, 2.24) is 4.98 Å². The highest BCUT2D eigenvalue weighted by Gasteiger charge is 2.22. The number of rotatable bonds is 4. The van der Waals surface area contributed by atoms with E-state index in [4.69, 9.17) is 0 Å². The summed E-state index contributed by atoms with van der Waals surface area (Å²) in [6.07, 6.45) is 2.78. The summed E-state index contributed by atoms with van der Waals surface area (Å²) in [6.45, 7) is 2.90. The van der Waals surface area contributed by atoms with Crippen LogP contribution >= 0.6 is 0 Å². The lowest BCUT2D eigenvalue weighted by Crippen LogP contribution is -2.16. The number of halogens is 1. The summed E-state index contributed by atoms with van der Waals surface area (Å²) in [4.78, 5) is 6.71. The zero-order valence-corrected chi connectivity index (χ0v) is 12.1. The quantitative estimate of drug-likeness (QED) is 0.936. The fraction of sp³-hybridized carbons (Fsp3) is 0.353. The van der Waals surface area contributed by atoms with Gasteiger partial charge in [-0.15, -0.1) is 0 Å². The third kappa shape index (κ3) is 2.76. The van der Waals surface area contributed by atoms with Crippen LogP contribution in [0, 0.1) is 5.82 Å². The number of aromatic nitrogens is 1. The standard InChI is InChI=1S/C17H19FN2O/c1-2-3-15-8-12(11-21)9-17(19-15)20-7-6-13-4-5-14(18)10-16(13)20/h4-5,8-10,21H,2-3,6-7,11H2,1H3. The fourth-order valence-electron chi connectivity index (χ4n) is 2.84. The van der Waals surface area contributed by atoms with Gasteiger partial charge >= 0.3 is 0 Å². The van der Waals surface area contributed by atoms with Crippen molar-refractivity contribution in [2.45, 2.75) is 32.8 Å².